The molecule has 3 aromatic rings. The van der Waals surface area contributed by atoms with Crippen molar-refractivity contribution in [1.29, 1.82) is 0 Å². The molecule has 27 heavy (non-hydrogen) atoms. The van der Waals surface area contributed by atoms with E-state index < -0.39 is 0 Å². The molecule has 0 N–H and O–H groups in total. The van der Waals surface area contributed by atoms with Crippen LogP contribution in [0.3, 0.4) is 0 Å². The SMILES string of the molecule is COc1ccc(CN(C(=O)CSc2nncc3ccccc23)C2CC2)cc1. The van der Waals surface area contributed by atoms with E-state index in [0.717, 1.165) is 40.0 Å². The van der Waals surface area contributed by atoms with Crippen LogP contribution in [-0.4, -0.2) is 39.9 Å². The van der Waals surface area contributed by atoms with Crippen LogP contribution >= 0.6 is 11.8 Å². The van der Waals surface area contributed by atoms with Crippen molar-refractivity contribution in [2.45, 2.75) is 30.5 Å². The predicted octanol–water partition coefficient (Wildman–Crippen LogP) is 3.92. The molecule has 0 saturated heterocycles. The van der Waals surface area contributed by atoms with Crippen LogP contribution in [0.15, 0.2) is 59.8 Å². The first-order chi connectivity index (χ1) is 13.2. The van der Waals surface area contributed by atoms with Crippen molar-refractivity contribution < 1.29 is 9.53 Å². The summed E-state index contributed by atoms with van der Waals surface area (Å²) in [5.41, 5.74) is 1.12. The highest BCUT2D eigenvalue weighted by Gasteiger charge is 2.32. The molecule has 0 spiro atoms. The Bertz CT molecular complexity index is 936. The molecule has 5 nitrogen and oxygen atoms in total. The minimum absolute atomic E-state index is 0.146. The van der Waals surface area contributed by atoms with Crippen LogP contribution in [0, 0.1) is 0 Å². The molecule has 2 aromatic carbocycles. The molecule has 0 unspecified atom stereocenters. The third-order valence-corrected chi connectivity index (χ3v) is 5.66. The van der Waals surface area contributed by atoms with Crippen LogP contribution in [0.25, 0.3) is 10.8 Å². The van der Waals surface area contributed by atoms with Gasteiger partial charge in [0.15, 0.2) is 0 Å². The molecule has 0 aliphatic heterocycles. The summed E-state index contributed by atoms with van der Waals surface area (Å²) in [7, 11) is 1.66. The van der Waals surface area contributed by atoms with Gasteiger partial charge in [0.1, 0.15) is 10.8 Å². The number of hydrogen-bond acceptors (Lipinski definition) is 5. The summed E-state index contributed by atoms with van der Waals surface area (Å²) in [5, 5.41) is 11.2. The molecule has 1 fully saturated rings. The highest BCUT2D eigenvalue weighted by molar-refractivity contribution is 8.00. The lowest BCUT2D eigenvalue weighted by Crippen LogP contribution is -2.34. The van der Waals surface area contributed by atoms with E-state index in [1.54, 1.807) is 13.3 Å². The Balaban J connectivity index is 1.44. The maximum Gasteiger partial charge on any atom is 0.233 e. The van der Waals surface area contributed by atoms with Crippen molar-refractivity contribution in [3.63, 3.8) is 0 Å². The molecule has 0 bridgehead atoms. The monoisotopic (exact) mass is 379 g/mol. The predicted molar refractivity (Wildman–Crippen MR) is 107 cm³/mol. The van der Waals surface area contributed by atoms with Crippen molar-refractivity contribution >= 4 is 28.4 Å². The topological polar surface area (TPSA) is 55.3 Å². The fraction of sp³-hybridized carbons (Fsp3) is 0.286. The number of benzene rings is 2. The zero-order valence-corrected chi connectivity index (χ0v) is 16.0. The molecule has 1 amide bonds. The van der Waals surface area contributed by atoms with Gasteiger partial charge in [0, 0.05) is 23.4 Å². The number of carbonyl (C=O) groups is 1. The number of amides is 1. The van der Waals surface area contributed by atoms with Crippen LogP contribution in [-0.2, 0) is 11.3 Å². The maximum absolute atomic E-state index is 12.9. The van der Waals surface area contributed by atoms with Gasteiger partial charge in [0.2, 0.25) is 5.91 Å². The Kier molecular flexibility index (Phi) is 5.25. The van der Waals surface area contributed by atoms with Crippen LogP contribution < -0.4 is 4.74 Å². The van der Waals surface area contributed by atoms with Crippen molar-refractivity contribution in [2.24, 2.45) is 0 Å². The second kappa shape index (κ2) is 7.96. The molecule has 1 aromatic heterocycles. The quantitative estimate of drug-likeness (QED) is 0.583. The second-order valence-electron chi connectivity index (χ2n) is 6.63. The van der Waals surface area contributed by atoms with Gasteiger partial charge in [-0.25, -0.2) is 0 Å². The first-order valence-electron chi connectivity index (χ1n) is 9.00. The van der Waals surface area contributed by atoms with E-state index in [-0.39, 0.29) is 5.91 Å². The van der Waals surface area contributed by atoms with Gasteiger partial charge in [-0.2, -0.15) is 5.10 Å². The average Bonchev–Trinajstić information content (AvgIpc) is 3.56. The summed E-state index contributed by atoms with van der Waals surface area (Å²) in [6.07, 6.45) is 3.92. The lowest BCUT2D eigenvalue weighted by Gasteiger charge is -2.22. The average molecular weight is 379 g/mol. The van der Waals surface area contributed by atoms with E-state index in [2.05, 4.69) is 10.2 Å². The van der Waals surface area contributed by atoms with Crippen molar-refractivity contribution in [3.05, 3.63) is 60.3 Å². The van der Waals surface area contributed by atoms with Crippen LogP contribution in [0.1, 0.15) is 18.4 Å². The number of carbonyl (C=O) groups excluding carboxylic acids is 1. The molecule has 138 valence electrons. The summed E-state index contributed by atoms with van der Waals surface area (Å²) < 4.78 is 5.21. The number of nitrogens with zero attached hydrogens (tertiary/aromatic N) is 3. The van der Waals surface area contributed by atoms with E-state index in [1.807, 2.05) is 53.4 Å². The van der Waals surface area contributed by atoms with Gasteiger partial charge in [0.05, 0.1) is 19.1 Å². The van der Waals surface area contributed by atoms with Crippen LogP contribution in [0.5, 0.6) is 5.75 Å². The minimum atomic E-state index is 0.146. The van der Waals surface area contributed by atoms with Gasteiger partial charge in [-0.05, 0) is 30.5 Å². The molecule has 1 aliphatic rings. The Morgan fingerprint density at radius 1 is 1.19 bits per heavy atom. The van der Waals surface area contributed by atoms with Gasteiger partial charge in [-0.15, -0.1) is 5.10 Å². The zero-order chi connectivity index (χ0) is 18.6. The molecule has 1 heterocycles. The van der Waals surface area contributed by atoms with E-state index >= 15 is 0 Å². The summed E-state index contributed by atoms with van der Waals surface area (Å²) in [4.78, 5) is 14.9. The molecule has 4 rings (SSSR count). The lowest BCUT2D eigenvalue weighted by atomic mass is 10.2. The standard InChI is InChI=1S/C21H21N3O2S/c1-26-18-10-6-15(7-11-18)13-24(17-8-9-17)20(25)14-27-21-19-5-3-2-4-16(19)12-22-23-21/h2-7,10-12,17H,8-9,13-14H2,1H3. The molecular weight excluding hydrogens is 358 g/mol. The van der Waals surface area contributed by atoms with E-state index in [9.17, 15) is 4.79 Å². The number of thioether (sulfide) groups is 1. The summed E-state index contributed by atoms with van der Waals surface area (Å²) in [6.45, 7) is 0.634. The van der Waals surface area contributed by atoms with Gasteiger partial charge in [-0.3, -0.25) is 4.79 Å². The number of aromatic nitrogens is 2. The fourth-order valence-corrected chi connectivity index (χ4v) is 3.93. The highest BCUT2D eigenvalue weighted by atomic mass is 32.2. The highest BCUT2D eigenvalue weighted by Crippen LogP contribution is 2.31. The van der Waals surface area contributed by atoms with Gasteiger partial charge < -0.3 is 9.64 Å². The summed E-state index contributed by atoms with van der Waals surface area (Å²) >= 11 is 1.46. The smallest absolute Gasteiger partial charge is 0.233 e. The first kappa shape index (κ1) is 17.8. The normalized spacial score (nSPS) is 13.5. The lowest BCUT2D eigenvalue weighted by molar-refractivity contribution is -0.129. The largest absolute Gasteiger partial charge is 0.497 e. The zero-order valence-electron chi connectivity index (χ0n) is 15.2. The van der Waals surface area contributed by atoms with E-state index in [0.29, 0.717) is 18.3 Å². The molecule has 1 saturated carbocycles. The number of fused-ring (bicyclic) bond motifs is 1. The van der Waals surface area contributed by atoms with Crippen LogP contribution in [0.2, 0.25) is 0 Å². The third kappa shape index (κ3) is 4.22. The van der Waals surface area contributed by atoms with Crippen molar-refractivity contribution in [2.75, 3.05) is 12.9 Å². The summed E-state index contributed by atoms with van der Waals surface area (Å²) in [6, 6.07) is 16.3. The van der Waals surface area contributed by atoms with Crippen molar-refractivity contribution in [1.82, 2.24) is 15.1 Å². The number of methoxy groups -OCH3 is 1. The van der Waals surface area contributed by atoms with Gasteiger partial charge in [0.25, 0.3) is 0 Å². The molecule has 6 heteroatoms. The molecule has 0 radical (unpaired) electrons. The first-order valence-corrected chi connectivity index (χ1v) is 9.99. The molecular formula is C21H21N3O2S. The fourth-order valence-electron chi connectivity index (χ4n) is 3.06. The van der Waals surface area contributed by atoms with E-state index in [1.165, 1.54) is 11.8 Å². The Morgan fingerprint density at radius 2 is 1.96 bits per heavy atom. The Labute approximate surface area is 162 Å². The summed E-state index contributed by atoms with van der Waals surface area (Å²) in [5.74, 6) is 1.34. The number of hydrogen-bond donors (Lipinski definition) is 0. The van der Waals surface area contributed by atoms with Gasteiger partial charge in [-0.1, -0.05) is 48.2 Å². The van der Waals surface area contributed by atoms with E-state index in [4.69, 9.17) is 4.74 Å². The Hall–Kier alpha value is -2.60. The van der Waals surface area contributed by atoms with Crippen LogP contribution in [0.4, 0.5) is 0 Å². The molecule has 1 aliphatic carbocycles. The number of rotatable bonds is 7. The van der Waals surface area contributed by atoms with Gasteiger partial charge >= 0.3 is 0 Å². The maximum atomic E-state index is 12.9. The Morgan fingerprint density at radius 3 is 2.70 bits per heavy atom. The number of ether oxygens (including phenoxy) is 1. The second-order valence-corrected chi connectivity index (χ2v) is 7.59. The molecule has 0 atom stereocenters. The third-order valence-electron chi connectivity index (χ3n) is 4.69. The minimum Gasteiger partial charge on any atom is -0.497 e. The van der Waals surface area contributed by atoms with Crippen molar-refractivity contribution in [3.8, 4) is 5.75 Å².